The number of halogens is 1. The van der Waals surface area contributed by atoms with Gasteiger partial charge >= 0.3 is 5.69 Å². The van der Waals surface area contributed by atoms with Gasteiger partial charge in [0, 0.05) is 19.7 Å². The molecule has 20 heavy (non-hydrogen) atoms. The first kappa shape index (κ1) is 13.0. The number of nitrogens with zero attached hydrogens (tertiary/aromatic N) is 4. The van der Waals surface area contributed by atoms with Crippen LogP contribution in [0.5, 0.6) is 0 Å². The third kappa shape index (κ3) is 1.78. The number of benzene rings is 1. The molecule has 2 heterocycles. The molecule has 2 aromatic heterocycles. The van der Waals surface area contributed by atoms with E-state index in [1.807, 2.05) is 31.2 Å². The van der Waals surface area contributed by atoms with Crippen molar-refractivity contribution in [2.45, 2.75) is 13.5 Å². The number of hydrogen-bond acceptors (Lipinski definition) is 2. The van der Waals surface area contributed by atoms with Crippen LogP contribution in [0.25, 0.3) is 11.0 Å². The molecule has 1 aromatic carbocycles. The van der Waals surface area contributed by atoms with E-state index in [0.29, 0.717) is 11.7 Å². The van der Waals surface area contributed by atoms with E-state index < -0.39 is 0 Å². The van der Waals surface area contributed by atoms with Crippen LogP contribution in [0.15, 0.2) is 29.1 Å². The number of imidazole rings is 1. The minimum atomic E-state index is -0.0504. The Balaban J connectivity index is 2.21. The van der Waals surface area contributed by atoms with Gasteiger partial charge in [0.25, 0.3) is 0 Å². The molecular weight excluding hydrogens is 276 g/mol. The van der Waals surface area contributed by atoms with Gasteiger partial charge in [-0.2, -0.15) is 5.10 Å². The molecule has 0 aliphatic rings. The van der Waals surface area contributed by atoms with Gasteiger partial charge in [0.15, 0.2) is 0 Å². The van der Waals surface area contributed by atoms with Gasteiger partial charge in [-0.1, -0.05) is 23.7 Å². The monoisotopic (exact) mass is 290 g/mol. The second-order valence-electron chi connectivity index (χ2n) is 4.89. The van der Waals surface area contributed by atoms with Crippen molar-refractivity contribution in [2.75, 3.05) is 0 Å². The molecule has 0 saturated carbocycles. The van der Waals surface area contributed by atoms with Crippen molar-refractivity contribution in [1.29, 1.82) is 0 Å². The maximum atomic E-state index is 12.4. The van der Waals surface area contributed by atoms with E-state index >= 15 is 0 Å². The Kier molecular flexibility index (Phi) is 2.94. The summed E-state index contributed by atoms with van der Waals surface area (Å²) < 4.78 is 5.00. The van der Waals surface area contributed by atoms with E-state index in [2.05, 4.69) is 5.10 Å². The van der Waals surface area contributed by atoms with Crippen molar-refractivity contribution < 1.29 is 0 Å². The molecule has 3 rings (SSSR count). The lowest BCUT2D eigenvalue weighted by Gasteiger charge is -2.03. The highest BCUT2D eigenvalue weighted by molar-refractivity contribution is 6.30. The van der Waals surface area contributed by atoms with E-state index in [-0.39, 0.29) is 5.69 Å². The summed E-state index contributed by atoms with van der Waals surface area (Å²) in [5, 5.41) is 4.86. The summed E-state index contributed by atoms with van der Waals surface area (Å²) in [6.45, 7) is 2.33. The molecular formula is C14H15ClN4O. The van der Waals surface area contributed by atoms with Gasteiger partial charge in [0.05, 0.1) is 23.3 Å². The first-order chi connectivity index (χ1) is 9.50. The molecule has 5 nitrogen and oxygen atoms in total. The van der Waals surface area contributed by atoms with Crippen LogP contribution in [0, 0.1) is 6.92 Å². The van der Waals surface area contributed by atoms with Crippen molar-refractivity contribution in [2.24, 2.45) is 14.1 Å². The van der Waals surface area contributed by atoms with E-state index in [4.69, 9.17) is 11.6 Å². The van der Waals surface area contributed by atoms with Gasteiger partial charge < -0.3 is 0 Å². The SMILES string of the molecule is Cc1nn(C)c(Cl)c1Cn1c(=O)n(C)c2ccccc21. The van der Waals surface area contributed by atoms with Gasteiger partial charge in [0.2, 0.25) is 0 Å². The molecule has 0 unspecified atom stereocenters. The second-order valence-corrected chi connectivity index (χ2v) is 5.25. The fourth-order valence-corrected chi connectivity index (χ4v) is 2.76. The number of aromatic nitrogens is 4. The minimum absolute atomic E-state index is 0.0504. The lowest BCUT2D eigenvalue weighted by atomic mass is 10.2. The van der Waals surface area contributed by atoms with Crippen LogP contribution in [0.3, 0.4) is 0 Å². The Bertz CT molecular complexity index is 856. The Morgan fingerprint density at radius 1 is 1.20 bits per heavy atom. The summed E-state index contributed by atoms with van der Waals surface area (Å²) in [6.07, 6.45) is 0. The standard InChI is InChI=1S/C14H15ClN4O/c1-9-10(13(15)18(3)16-9)8-19-12-7-5-4-6-11(12)17(2)14(19)20/h4-7H,8H2,1-3H3. The van der Waals surface area contributed by atoms with Crippen molar-refractivity contribution in [3.05, 3.63) is 51.2 Å². The summed E-state index contributed by atoms with van der Waals surface area (Å²) in [5.74, 6) is 0. The van der Waals surface area contributed by atoms with Crippen molar-refractivity contribution in [3.8, 4) is 0 Å². The van der Waals surface area contributed by atoms with Gasteiger partial charge in [-0.05, 0) is 19.1 Å². The van der Waals surface area contributed by atoms with Gasteiger partial charge in [-0.15, -0.1) is 0 Å². The van der Waals surface area contributed by atoms with E-state index in [1.165, 1.54) is 0 Å². The number of para-hydroxylation sites is 2. The molecule has 0 aliphatic heterocycles. The van der Waals surface area contributed by atoms with Crippen LogP contribution < -0.4 is 5.69 Å². The van der Waals surface area contributed by atoms with Crippen LogP contribution in [-0.2, 0) is 20.6 Å². The average molecular weight is 291 g/mol. The first-order valence-corrected chi connectivity index (χ1v) is 6.70. The number of aryl methyl sites for hydroxylation is 3. The molecule has 0 radical (unpaired) electrons. The van der Waals surface area contributed by atoms with Crippen LogP contribution >= 0.6 is 11.6 Å². The molecule has 0 atom stereocenters. The summed E-state index contributed by atoms with van der Waals surface area (Å²) in [7, 11) is 3.57. The third-order valence-electron chi connectivity index (χ3n) is 3.64. The molecule has 0 spiro atoms. The normalized spacial score (nSPS) is 11.4. The topological polar surface area (TPSA) is 44.8 Å². The molecule has 0 aliphatic carbocycles. The number of rotatable bonds is 2. The maximum absolute atomic E-state index is 12.4. The fourth-order valence-electron chi connectivity index (χ4n) is 2.53. The summed E-state index contributed by atoms with van der Waals surface area (Å²) in [5.41, 5.74) is 3.49. The molecule has 104 valence electrons. The Morgan fingerprint density at radius 2 is 1.85 bits per heavy atom. The lowest BCUT2D eigenvalue weighted by Crippen LogP contribution is -2.22. The first-order valence-electron chi connectivity index (χ1n) is 6.33. The van der Waals surface area contributed by atoms with E-state index in [1.54, 1.807) is 27.9 Å². The van der Waals surface area contributed by atoms with E-state index in [9.17, 15) is 4.79 Å². The fraction of sp³-hybridized carbons (Fsp3) is 0.286. The Labute approximate surface area is 121 Å². The third-order valence-corrected chi connectivity index (χ3v) is 4.11. The molecule has 6 heteroatoms. The predicted octanol–water partition coefficient (Wildman–Crippen LogP) is 2.08. The highest BCUT2D eigenvalue weighted by Crippen LogP contribution is 2.21. The van der Waals surface area contributed by atoms with Crippen molar-refractivity contribution in [1.82, 2.24) is 18.9 Å². The van der Waals surface area contributed by atoms with Crippen LogP contribution in [0.4, 0.5) is 0 Å². The summed E-state index contributed by atoms with van der Waals surface area (Å²) >= 11 is 6.25. The van der Waals surface area contributed by atoms with E-state index in [0.717, 1.165) is 22.3 Å². The highest BCUT2D eigenvalue weighted by atomic mass is 35.5. The quantitative estimate of drug-likeness (QED) is 0.725. The highest BCUT2D eigenvalue weighted by Gasteiger charge is 2.16. The molecule has 0 saturated heterocycles. The Morgan fingerprint density at radius 3 is 2.45 bits per heavy atom. The molecule has 0 fully saturated rings. The lowest BCUT2D eigenvalue weighted by molar-refractivity contribution is 0.732. The van der Waals surface area contributed by atoms with Gasteiger partial charge in [-0.3, -0.25) is 13.8 Å². The average Bonchev–Trinajstić information content (AvgIpc) is 2.82. The zero-order valence-electron chi connectivity index (χ0n) is 11.6. The number of hydrogen-bond donors (Lipinski definition) is 0. The summed E-state index contributed by atoms with van der Waals surface area (Å²) in [4.78, 5) is 12.4. The Hall–Kier alpha value is -2.01. The van der Waals surface area contributed by atoms with Crippen LogP contribution in [-0.4, -0.2) is 18.9 Å². The smallest absolute Gasteiger partial charge is 0.295 e. The van der Waals surface area contributed by atoms with Gasteiger partial charge in [-0.25, -0.2) is 4.79 Å². The molecule has 3 aromatic rings. The minimum Gasteiger partial charge on any atom is -0.295 e. The van der Waals surface area contributed by atoms with Crippen molar-refractivity contribution in [3.63, 3.8) is 0 Å². The van der Waals surface area contributed by atoms with Crippen LogP contribution in [0.1, 0.15) is 11.3 Å². The summed E-state index contributed by atoms with van der Waals surface area (Å²) in [6, 6.07) is 7.73. The zero-order chi connectivity index (χ0) is 14.4. The largest absolute Gasteiger partial charge is 0.329 e. The molecule has 0 N–H and O–H groups in total. The van der Waals surface area contributed by atoms with Crippen LogP contribution in [0.2, 0.25) is 5.15 Å². The van der Waals surface area contributed by atoms with Crippen molar-refractivity contribution >= 4 is 22.6 Å². The van der Waals surface area contributed by atoms with Gasteiger partial charge in [0.1, 0.15) is 5.15 Å². The predicted molar refractivity (Wildman–Crippen MR) is 79.2 cm³/mol. The molecule has 0 amide bonds. The number of fused-ring (bicyclic) bond motifs is 1. The molecule has 0 bridgehead atoms. The maximum Gasteiger partial charge on any atom is 0.329 e. The zero-order valence-corrected chi connectivity index (χ0v) is 12.3. The second kappa shape index (κ2) is 4.52.